The summed E-state index contributed by atoms with van der Waals surface area (Å²) in [5.74, 6) is -2.34. The van der Waals surface area contributed by atoms with Gasteiger partial charge in [0, 0.05) is 23.6 Å². The molecule has 2 N–H and O–H groups in total. The molecule has 1 aliphatic heterocycles. The second kappa shape index (κ2) is 12.9. The van der Waals surface area contributed by atoms with Crippen LogP contribution in [0, 0.1) is 0 Å². The number of piperidine rings is 1. The molecule has 2 heterocycles. The van der Waals surface area contributed by atoms with Crippen molar-refractivity contribution >= 4 is 33.8 Å². The predicted molar refractivity (Wildman–Crippen MR) is 144 cm³/mol. The number of carbonyl (C=O) groups excluding carboxylic acids is 3. The van der Waals surface area contributed by atoms with Crippen molar-refractivity contribution in [2.24, 2.45) is 0 Å². The van der Waals surface area contributed by atoms with Gasteiger partial charge < -0.3 is 25.0 Å². The SMILES string of the molecule is CC(NC(=O)C(F)(F)F)C(Oc1ccc(C(=O)N[C@H]2CCCN(C(=O)OC(C)(C)C)C2)nc1)c1ccc(Br)cc1. The quantitative estimate of drug-likeness (QED) is 0.438. The Morgan fingerprint density at radius 1 is 1.10 bits per heavy atom. The minimum Gasteiger partial charge on any atom is -0.482 e. The number of rotatable bonds is 7. The van der Waals surface area contributed by atoms with Crippen molar-refractivity contribution in [2.45, 2.75) is 70.5 Å². The van der Waals surface area contributed by atoms with Gasteiger partial charge in [0.2, 0.25) is 0 Å². The number of pyridine rings is 1. The number of amides is 3. The number of benzene rings is 1. The molecular weight excluding hydrogens is 597 g/mol. The lowest BCUT2D eigenvalue weighted by Crippen LogP contribution is -2.50. The molecule has 3 rings (SSSR count). The summed E-state index contributed by atoms with van der Waals surface area (Å²) < 4.78 is 50.6. The van der Waals surface area contributed by atoms with Crippen LogP contribution in [0.15, 0.2) is 47.1 Å². The van der Waals surface area contributed by atoms with E-state index in [1.165, 1.54) is 25.3 Å². The van der Waals surface area contributed by atoms with E-state index in [1.807, 2.05) is 5.32 Å². The van der Waals surface area contributed by atoms with Crippen molar-refractivity contribution in [3.05, 3.63) is 58.3 Å². The Balaban J connectivity index is 1.67. The van der Waals surface area contributed by atoms with Gasteiger partial charge in [0.15, 0.2) is 0 Å². The van der Waals surface area contributed by atoms with Gasteiger partial charge in [-0.1, -0.05) is 28.1 Å². The van der Waals surface area contributed by atoms with Crippen LogP contribution in [0.4, 0.5) is 18.0 Å². The maximum atomic E-state index is 12.8. The first kappa shape index (κ1) is 31.2. The van der Waals surface area contributed by atoms with E-state index in [1.54, 1.807) is 49.9 Å². The van der Waals surface area contributed by atoms with Gasteiger partial charge in [-0.2, -0.15) is 13.2 Å². The van der Waals surface area contributed by atoms with Gasteiger partial charge in [0.1, 0.15) is 23.1 Å². The summed E-state index contributed by atoms with van der Waals surface area (Å²) in [5, 5.41) is 4.81. The molecule has 0 radical (unpaired) electrons. The maximum absolute atomic E-state index is 12.8. The van der Waals surface area contributed by atoms with Crippen LogP contribution in [-0.4, -0.2) is 64.7 Å². The summed E-state index contributed by atoms with van der Waals surface area (Å²) in [6.45, 7) is 7.59. The number of likely N-dealkylation sites (tertiary alicyclic amines) is 1. The van der Waals surface area contributed by atoms with Crippen molar-refractivity contribution in [2.75, 3.05) is 13.1 Å². The Labute approximate surface area is 238 Å². The summed E-state index contributed by atoms with van der Waals surface area (Å²) in [6.07, 6.45) is -3.80. The third kappa shape index (κ3) is 9.10. The summed E-state index contributed by atoms with van der Waals surface area (Å²) in [7, 11) is 0. The van der Waals surface area contributed by atoms with Crippen molar-refractivity contribution in [3.63, 3.8) is 0 Å². The van der Waals surface area contributed by atoms with Crippen molar-refractivity contribution in [3.8, 4) is 5.75 Å². The third-order valence-electron chi connectivity index (χ3n) is 5.91. The summed E-state index contributed by atoms with van der Waals surface area (Å²) in [6, 6.07) is 8.27. The second-order valence-electron chi connectivity index (χ2n) is 10.5. The average Bonchev–Trinajstić information content (AvgIpc) is 2.86. The fraction of sp³-hybridized carbons (Fsp3) is 0.481. The standard InChI is InChI=1S/C27H32BrF3N4O5/c1-16(33-24(37)27(29,30)31)22(17-7-9-18(28)10-8-17)39-20-11-12-21(32-14-20)23(36)34-19-6-5-13-35(15-19)25(38)40-26(2,3)4/h7-12,14,16,19,22H,5-6,13,15H2,1-4H3,(H,33,37)(H,34,36)/t16?,19-,22?/m0/s1. The number of nitrogens with zero attached hydrogens (tertiary/aromatic N) is 2. The van der Waals surface area contributed by atoms with Gasteiger partial charge in [-0.25, -0.2) is 9.78 Å². The smallest absolute Gasteiger partial charge is 0.471 e. The van der Waals surface area contributed by atoms with Crippen LogP contribution in [0.5, 0.6) is 5.75 Å². The van der Waals surface area contributed by atoms with Crippen LogP contribution in [0.2, 0.25) is 0 Å². The molecule has 13 heteroatoms. The molecule has 2 aromatic rings. The van der Waals surface area contributed by atoms with Crippen molar-refractivity contribution in [1.29, 1.82) is 0 Å². The molecule has 0 saturated carbocycles. The van der Waals surface area contributed by atoms with Gasteiger partial charge >= 0.3 is 18.2 Å². The van der Waals surface area contributed by atoms with E-state index in [2.05, 4.69) is 26.2 Å². The molecule has 1 aliphatic rings. The summed E-state index contributed by atoms with van der Waals surface area (Å²) in [4.78, 5) is 42.5. The molecule has 3 atom stereocenters. The lowest BCUT2D eigenvalue weighted by molar-refractivity contribution is -0.174. The maximum Gasteiger partial charge on any atom is 0.471 e. The lowest BCUT2D eigenvalue weighted by Gasteiger charge is -2.34. The van der Waals surface area contributed by atoms with E-state index in [4.69, 9.17) is 9.47 Å². The fourth-order valence-corrected chi connectivity index (χ4v) is 4.32. The van der Waals surface area contributed by atoms with Crippen LogP contribution < -0.4 is 15.4 Å². The fourth-order valence-electron chi connectivity index (χ4n) is 4.05. The van der Waals surface area contributed by atoms with E-state index >= 15 is 0 Å². The molecule has 9 nitrogen and oxygen atoms in total. The zero-order valence-corrected chi connectivity index (χ0v) is 24.1. The second-order valence-corrected chi connectivity index (χ2v) is 11.4. The Morgan fingerprint density at radius 3 is 2.35 bits per heavy atom. The van der Waals surface area contributed by atoms with Gasteiger partial charge in [-0.15, -0.1) is 0 Å². The largest absolute Gasteiger partial charge is 0.482 e. The average molecular weight is 629 g/mol. The molecule has 218 valence electrons. The number of aromatic nitrogens is 1. The number of halogens is 4. The molecule has 0 aliphatic carbocycles. The van der Waals surface area contributed by atoms with Crippen LogP contribution in [0.1, 0.15) is 62.7 Å². The number of hydrogen-bond acceptors (Lipinski definition) is 6. The predicted octanol–water partition coefficient (Wildman–Crippen LogP) is 5.16. The molecular formula is C27H32BrF3N4O5. The molecule has 40 heavy (non-hydrogen) atoms. The molecule has 1 fully saturated rings. The number of alkyl halides is 3. The molecule has 0 bridgehead atoms. The van der Waals surface area contributed by atoms with E-state index in [9.17, 15) is 27.6 Å². The van der Waals surface area contributed by atoms with Gasteiger partial charge in [-0.05, 0) is 70.4 Å². The Hall–Kier alpha value is -3.35. The molecule has 1 aromatic carbocycles. The Kier molecular flexibility index (Phi) is 10.0. The molecule has 3 amide bonds. The molecule has 2 unspecified atom stereocenters. The number of ether oxygens (including phenoxy) is 2. The summed E-state index contributed by atoms with van der Waals surface area (Å²) in [5.41, 5.74) is -0.00813. The molecule has 1 aromatic heterocycles. The van der Waals surface area contributed by atoms with Gasteiger partial charge in [0.25, 0.3) is 5.91 Å². The van der Waals surface area contributed by atoms with Crippen LogP contribution in [0.25, 0.3) is 0 Å². The van der Waals surface area contributed by atoms with E-state index in [0.29, 0.717) is 31.5 Å². The first-order chi connectivity index (χ1) is 18.6. The van der Waals surface area contributed by atoms with Crippen molar-refractivity contribution in [1.82, 2.24) is 20.5 Å². The number of hydrogen-bond donors (Lipinski definition) is 2. The highest BCUT2D eigenvalue weighted by molar-refractivity contribution is 9.10. The van der Waals surface area contributed by atoms with E-state index in [-0.39, 0.29) is 17.5 Å². The van der Waals surface area contributed by atoms with Crippen molar-refractivity contribution < 1.29 is 37.0 Å². The summed E-state index contributed by atoms with van der Waals surface area (Å²) >= 11 is 3.31. The van der Waals surface area contributed by atoms with Crippen LogP contribution in [0.3, 0.4) is 0 Å². The van der Waals surface area contributed by atoms with Crippen LogP contribution >= 0.6 is 15.9 Å². The minimum atomic E-state index is -5.04. The first-order valence-electron chi connectivity index (χ1n) is 12.7. The third-order valence-corrected chi connectivity index (χ3v) is 6.44. The Morgan fingerprint density at radius 2 is 1.77 bits per heavy atom. The first-order valence-corrected chi connectivity index (χ1v) is 13.5. The molecule has 1 saturated heterocycles. The van der Waals surface area contributed by atoms with Gasteiger partial charge in [0.05, 0.1) is 12.2 Å². The topological polar surface area (TPSA) is 110 Å². The highest BCUT2D eigenvalue weighted by atomic mass is 79.9. The van der Waals surface area contributed by atoms with E-state index < -0.39 is 41.8 Å². The Bertz CT molecular complexity index is 1190. The zero-order chi connectivity index (χ0) is 29.7. The highest BCUT2D eigenvalue weighted by Gasteiger charge is 2.40. The molecule has 0 spiro atoms. The number of nitrogens with one attached hydrogen (secondary N) is 2. The van der Waals surface area contributed by atoms with Gasteiger partial charge in [-0.3, -0.25) is 9.59 Å². The minimum absolute atomic E-state index is 0.0976. The highest BCUT2D eigenvalue weighted by Crippen LogP contribution is 2.27. The zero-order valence-electron chi connectivity index (χ0n) is 22.5. The van der Waals surface area contributed by atoms with Crippen LogP contribution in [-0.2, 0) is 9.53 Å². The lowest BCUT2D eigenvalue weighted by atomic mass is 10.0. The van der Waals surface area contributed by atoms with E-state index in [0.717, 1.165) is 4.47 Å². The normalized spacial score (nSPS) is 17.4. The monoisotopic (exact) mass is 628 g/mol. The number of carbonyl (C=O) groups is 3.